The van der Waals surface area contributed by atoms with Crippen LogP contribution in [0.25, 0.3) is 0 Å². The van der Waals surface area contributed by atoms with Crippen molar-refractivity contribution in [3.05, 3.63) is 83.0 Å². The number of aliphatic hydroxyl groups is 2. The van der Waals surface area contributed by atoms with Crippen molar-refractivity contribution in [3.63, 3.8) is 0 Å². The average Bonchev–Trinajstić information content (AvgIpc) is 3.27. The van der Waals surface area contributed by atoms with Crippen molar-refractivity contribution in [2.75, 3.05) is 20.8 Å². The van der Waals surface area contributed by atoms with Crippen LogP contribution in [0.1, 0.15) is 69.9 Å². The molecular weight excluding hydrogens is 538 g/mol. The molecule has 6 rings (SSSR count). The van der Waals surface area contributed by atoms with Crippen molar-refractivity contribution >= 4 is 5.91 Å². The van der Waals surface area contributed by atoms with E-state index in [0.717, 1.165) is 49.7 Å². The highest BCUT2D eigenvalue weighted by atomic mass is 16.5. The van der Waals surface area contributed by atoms with Gasteiger partial charge in [-0.2, -0.15) is 0 Å². The average molecular weight is 586 g/mol. The highest BCUT2D eigenvalue weighted by Gasteiger charge is 2.62. The third-order valence-electron chi connectivity index (χ3n) is 11.7. The summed E-state index contributed by atoms with van der Waals surface area (Å²) in [6.45, 7) is 5.44. The molecule has 0 bridgehead atoms. The number of allylic oxidation sites excluding steroid dienone is 3. The molecule has 2 N–H and O–H groups in total. The van der Waals surface area contributed by atoms with Gasteiger partial charge in [0.05, 0.1) is 38.9 Å². The Morgan fingerprint density at radius 3 is 2.40 bits per heavy atom. The van der Waals surface area contributed by atoms with E-state index < -0.39 is 5.60 Å². The molecule has 1 amide bonds. The van der Waals surface area contributed by atoms with Crippen LogP contribution in [0.5, 0.6) is 11.5 Å². The monoisotopic (exact) mass is 585 g/mol. The molecule has 2 aromatic rings. The van der Waals surface area contributed by atoms with E-state index in [1.54, 1.807) is 14.2 Å². The largest absolute Gasteiger partial charge is 0.493 e. The van der Waals surface area contributed by atoms with Crippen LogP contribution in [0, 0.1) is 22.7 Å². The predicted molar refractivity (Wildman–Crippen MR) is 168 cm³/mol. The van der Waals surface area contributed by atoms with Crippen molar-refractivity contribution in [1.29, 1.82) is 0 Å². The number of hydrogen-bond acceptors (Lipinski definition) is 5. The van der Waals surface area contributed by atoms with Crippen molar-refractivity contribution < 1.29 is 24.5 Å². The summed E-state index contributed by atoms with van der Waals surface area (Å²) in [6.07, 6.45) is 10.8. The molecule has 0 radical (unpaired) electrons. The molecule has 3 fully saturated rings. The molecular formula is C37H47NO5. The van der Waals surface area contributed by atoms with Crippen LogP contribution in [0.4, 0.5) is 0 Å². The molecule has 6 atom stereocenters. The van der Waals surface area contributed by atoms with E-state index in [-0.39, 0.29) is 35.2 Å². The van der Waals surface area contributed by atoms with Crippen LogP contribution < -0.4 is 9.47 Å². The number of aliphatic hydroxyl groups excluding tert-OH is 1. The summed E-state index contributed by atoms with van der Waals surface area (Å²) in [7, 11) is 3.20. The van der Waals surface area contributed by atoms with Gasteiger partial charge in [-0.3, -0.25) is 4.79 Å². The summed E-state index contributed by atoms with van der Waals surface area (Å²) in [6, 6.07) is 15.7. The number of nitrogens with zero attached hydrogens (tertiary/aromatic N) is 1. The fourth-order valence-corrected chi connectivity index (χ4v) is 8.98. The molecule has 6 nitrogen and oxygen atoms in total. The maximum atomic E-state index is 14.0. The van der Waals surface area contributed by atoms with Gasteiger partial charge in [-0.1, -0.05) is 73.5 Å². The molecule has 0 spiro atoms. The van der Waals surface area contributed by atoms with Gasteiger partial charge < -0.3 is 24.6 Å². The Morgan fingerprint density at radius 2 is 1.65 bits per heavy atom. The minimum Gasteiger partial charge on any atom is -0.493 e. The van der Waals surface area contributed by atoms with E-state index in [1.165, 1.54) is 11.1 Å². The zero-order chi connectivity index (χ0) is 30.4. The van der Waals surface area contributed by atoms with Gasteiger partial charge in [0.2, 0.25) is 5.91 Å². The Hall–Kier alpha value is -3.09. The summed E-state index contributed by atoms with van der Waals surface area (Å²) in [5.74, 6) is 1.97. The number of amides is 1. The van der Waals surface area contributed by atoms with E-state index in [1.807, 2.05) is 53.4 Å². The first-order valence-electron chi connectivity index (χ1n) is 15.9. The molecule has 3 saturated carbocycles. The Bertz CT molecular complexity index is 1420. The van der Waals surface area contributed by atoms with E-state index in [0.29, 0.717) is 36.9 Å². The molecule has 43 heavy (non-hydrogen) atoms. The summed E-state index contributed by atoms with van der Waals surface area (Å²) in [5.41, 5.74) is 3.58. The second-order valence-electron chi connectivity index (χ2n) is 13.9. The highest BCUT2D eigenvalue weighted by molar-refractivity contribution is 5.79. The summed E-state index contributed by atoms with van der Waals surface area (Å²) < 4.78 is 10.9. The molecule has 230 valence electrons. The number of carbonyl (C=O) groups is 1. The number of ether oxygens (including phenoxy) is 2. The smallest absolute Gasteiger partial charge is 0.227 e. The fraction of sp³-hybridized carbons (Fsp3) is 0.541. The number of fused-ring (bicyclic) bond motifs is 5. The summed E-state index contributed by atoms with van der Waals surface area (Å²) in [5, 5.41) is 22.9. The molecule has 6 unspecified atom stereocenters. The van der Waals surface area contributed by atoms with Crippen molar-refractivity contribution in [2.45, 2.75) is 83.5 Å². The molecule has 0 aliphatic heterocycles. The molecule has 0 heterocycles. The van der Waals surface area contributed by atoms with E-state index >= 15 is 0 Å². The Balaban J connectivity index is 1.27. The lowest BCUT2D eigenvalue weighted by atomic mass is 9.50. The lowest BCUT2D eigenvalue weighted by molar-refractivity contribution is -0.142. The number of hydrogen-bond donors (Lipinski definition) is 2. The maximum Gasteiger partial charge on any atom is 0.227 e. The van der Waals surface area contributed by atoms with E-state index in [9.17, 15) is 15.0 Å². The summed E-state index contributed by atoms with van der Waals surface area (Å²) in [4.78, 5) is 15.9. The standard InChI is InChI=1S/C37H47NO5/c1-35-17-14-28(39)22-27(35)11-12-29-30(35)15-18-36(2)31(29)16-19-37(36,41)24-38(23-25-8-6-5-7-9-25)34(40)21-26-10-13-32(42-3)33(20-26)43-4/h5-13,20,28,30-31,39,41H,14-19,21-24H2,1-4H3. The first-order valence-corrected chi connectivity index (χ1v) is 15.9. The van der Waals surface area contributed by atoms with Gasteiger partial charge in [-0.05, 0) is 85.5 Å². The van der Waals surface area contributed by atoms with E-state index in [2.05, 4.69) is 26.0 Å². The number of benzene rings is 2. The van der Waals surface area contributed by atoms with Crippen LogP contribution >= 0.6 is 0 Å². The van der Waals surface area contributed by atoms with Crippen LogP contribution in [0.15, 0.2) is 71.8 Å². The van der Waals surface area contributed by atoms with Gasteiger partial charge >= 0.3 is 0 Å². The molecule has 6 heteroatoms. The number of methoxy groups -OCH3 is 2. The number of carbonyl (C=O) groups excluding carboxylic acids is 1. The third kappa shape index (κ3) is 5.21. The first-order chi connectivity index (χ1) is 20.6. The molecule has 0 aromatic heterocycles. The third-order valence-corrected chi connectivity index (χ3v) is 11.7. The van der Waals surface area contributed by atoms with Crippen molar-refractivity contribution in [1.82, 2.24) is 4.90 Å². The quantitative estimate of drug-likeness (QED) is 0.383. The van der Waals surface area contributed by atoms with Crippen LogP contribution in [-0.2, 0) is 17.8 Å². The predicted octanol–water partition coefficient (Wildman–Crippen LogP) is 6.25. The molecule has 4 aliphatic carbocycles. The van der Waals surface area contributed by atoms with Gasteiger partial charge in [-0.15, -0.1) is 0 Å². The van der Waals surface area contributed by atoms with Gasteiger partial charge in [0.25, 0.3) is 0 Å². The van der Waals surface area contributed by atoms with Crippen molar-refractivity contribution in [2.24, 2.45) is 22.7 Å². The zero-order valence-electron chi connectivity index (χ0n) is 26.1. The van der Waals surface area contributed by atoms with E-state index in [4.69, 9.17) is 9.47 Å². The van der Waals surface area contributed by atoms with Gasteiger partial charge in [0, 0.05) is 12.0 Å². The second-order valence-corrected chi connectivity index (χ2v) is 13.9. The fourth-order valence-electron chi connectivity index (χ4n) is 8.98. The SMILES string of the molecule is COc1ccc(CC(=O)N(Cc2ccccc2)CC2(O)CCC3C4=CC=C5CC(O)CCC5(C)C4CCC32C)cc1OC. The second kappa shape index (κ2) is 11.4. The molecule has 2 aromatic carbocycles. The Morgan fingerprint density at radius 1 is 0.907 bits per heavy atom. The molecule has 4 aliphatic rings. The Kier molecular flexibility index (Phi) is 7.97. The number of rotatable bonds is 8. The lowest BCUT2D eigenvalue weighted by Gasteiger charge is -2.56. The first kappa shape index (κ1) is 30.0. The van der Waals surface area contributed by atoms with Gasteiger partial charge in [0.15, 0.2) is 11.5 Å². The summed E-state index contributed by atoms with van der Waals surface area (Å²) >= 11 is 0. The van der Waals surface area contributed by atoms with Crippen LogP contribution in [0.3, 0.4) is 0 Å². The van der Waals surface area contributed by atoms with Crippen LogP contribution in [-0.4, -0.2) is 53.5 Å². The van der Waals surface area contributed by atoms with Crippen LogP contribution in [0.2, 0.25) is 0 Å². The minimum atomic E-state index is -0.987. The van der Waals surface area contributed by atoms with Gasteiger partial charge in [0.1, 0.15) is 0 Å². The highest BCUT2D eigenvalue weighted by Crippen LogP contribution is 2.66. The zero-order valence-corrected chi connectivity index (χ0v) is 26.1. The van der Waals surface area contributed by atoms with Crippen molar-refractivity contribution in [3.8, 4) is 11.5 Å². The lowest BCUT2D eigenvalue weighted by Crippen LogP contribution is -2.56. The normalized spacial score (nSPS) is 32.9. The maximum absolute atomic E-state index is 14.0. The Labute approximate surface area is 256 Å². The van der Waals surface area contributed by atoms with Gasteiger partial charge in [-0.25, -0.2) is 0 Å². The molecule has 0 saturated heterocycles. The minimum absolute atomic E-state index is 0.0111. The topological polar surface area (TPSA) is 79.2 Å².